The van der Waals surface area contributed by atoms with Gasteiger partial charge >= 0.3 is 5.97 Å². The Kier molecular flexibility index (Phi) is 7.27. The van der Waals surface area contributed by atoms with Crippen molar-refractivity contribution in [3.8, 4) is 11.5 Å². The Labute approximate surface area is 224 Å². The quantitative estimate of drug-likeness (QED) is 0.521. The van der Waals surface area contributed by atoms with Gasteiger partial charge in [-0.15, -0.1) is 24.8 Å². The summed E-state index contributed by atoms with van der Waals surface area (Å²) in [5.74, 6) is -0.146. The molecule has 9 heteroatoms. The molecule has 0 aromatic heterocycles. The number of phenols is 1. The summed E-state index contributed by atoms with van der Waals surface area (Å²) in [6.07, 6.45) is 3.34. The van der Waals surface area contributed by atoms with Crippen molar-refractivity contribution in [2.75, 3.05) is 20.7 Å². The smallest absolute Gasteiger partial charge is 0.321 e. The van der Waals surface area contributed by atoms with E-state index in [1.807, 2.05) is 36.4 Å². The maximum Gasteiger partial charge on any atom is 0.321 e. The van der Waals surface area contributed by atoms with Gasteiger partial charge in [-0.05, 0) is 62.9 Å². The second kappa shape index (κ2) is 9.69. The van der Waals surface area contributed by atoms with Crippen molar-refractivity contribution in [2.45, 2.75) is 67.3 Å². The molecule has 2 aliphatic heterocycles. The lowest BCUT2D eigenvalue weighted by atomic mass is 9.48. The minimum atomic E-state index is -0.867. The van der Waals surface area contributed by atoms with Crippen molar-refractivity contribution in [2.24, 2.45) is 0 Å². The van der Waals surface area contributed by atoms with E-state index in [1.165, 1.54) is 5.56 Å². The highest BCUT2D eigenvalue weighted by Gasteiger charge is 2.73. The number of nitrogens with zero attached hydrogens (tertiary/aromatic N) is 1. The molecule has 2 aliphatic carbocycles. The number of carboxylic acid groups (broad SMARTS) is 1. The third kappa shape index (κ3) is 3.55. The Morgan fingerprint density at radius 1 is 1.22 bits per heavy atom. The summed E-state index contributed by atoms with van der Waals surface area (Å²) in [7, 11) is 3.97. The molecule has 1 spiro atoms. The van der Waals surface area contributed by atoms with Crippen LogP contribution >= 0.6 is 24.8 Å². The van der Waals surface area contributed by atoms with Gasteiger partial charge < -0.3 is 24.6 Å². The third-order valence-electron chi connectivity index (χ3n) is 9.05. The molecule has 36 heavy (non-hydrogen) atoms. The zero-order chi connectivity index (χ0) is 23.7. The number of carboxylic acids is 1. The fourth-order valence-electron chi connectivity index (χ4n) is 7.64. The number of likely N-dealkylation sites (tertiary alicyclic amines) is 1. The van der Waals surface area contributed by atoms with Gasteiger partial charge in [0.1, 0.15) is 12.1 Å². The topological polar surface area (TPSA) is 91.3 Å². The van der Waals surface area contributed by atoms with Crippen LogP contribution in [0.3, 0.4) is 0 Å². The van der Waals surface area contributed by atoms with Crippen LogP contribution in [-0.2, 0) is 27.8 Å². The zero-order valence-corrected chi connectivity index (χ0v) is 22.1. The molecular formula is C27H34Cl2N2O5. The lowest BCUT2D eigenvalue weighted by Gasteiger charge is -2.65. The predicted octanol–water partition coefficient (Wildman–Crippen LogP) is 3.33. The molecule has 2 fully saturated rings. The van der Waals surface area contributed by atoms with Crippen LogP contribution in [0.15, 0.2) is 42.5 Å². The number of nitrogens with one attached hydrogen (secondary N) is 1. The summed E-state index contributed by atoms with van der Waals surface area (Å²) < 4.78 is 13.1. The number of phenolic OH excluding ortho intramolecular Hbond substituents is 1. The monoisotopic (exact) mass is 536 g/mol. The average molecular weight is 537 g/mol. The van der Waals surface area contributed by atoms with E-state index in [1.54, 1.807) is 13.2 Å². The molecule has 2 aromatic carbocycles. The van der Waals surface area contributed by atoms with Crippen LogP contribution in [0.25, 0.3) is 0 Å². The van der Waals surface area contributed by atoms with Gasteiger partial charge in [-0.1, -0.05) is 36.4 Å². The molecule has 1 saturated heterocycles. The number of benzene rings is 2. The number of hydrogen-bond donors (Lipinski definition) is 3. The molecule has 196 valence electrons. The van der Waals surface area contributed by atoms with Crippen LogP contribution < -0.4 is 10.1 Å². The van der Waals surface area contributed by atoms with Crippen LogP contribution in [0.4, 0.5) is 0 Å². The summed E-state index contributed by atoms with van der Waals surface area (Å²) in [6.45, 7) is 0.906. The SMILES string of the molecule is CO[C@@]12CC[C@@H](N[C@@H](Cc3ccccc3)C(=O)O)[C@@H]3Oc4c(O)ccc5c4[C@@]31CCN(C)[C@@H]2C5.Cl.Cl. The van der Waals surface area contributed by atoms with Gasteiger partial charge in [0.05, 0.1) is 11.0 Å². The first-order valence-corrected chi connectivity index (χ1v) is 12.2. The lowest BCUT2D eigenvalue weighted by molar-refractivity contribution is -0.204. The van der Waals surface area contributed by atoms with Gasteiger partial charge in [0.15, 0.2) is 11.5 Å². The second-order valence-corrected chi connectivity index (χ2v) is 10.4. The number of halogens is 2. The normalized spacial score (nSPS) is 32.3. The number of methoxy groups -OCH3 is 1. The van der Waals surface area contributed by atoms with E-state index in [-0.39, 0.29) is 48.8 Å². The highest BCUT2D eigenvalue weighted by molar-refractivity contribution is 5.85. The molecule has 2 bridgehead atoms. The number of ether oxygens (including phenoxy) is 2. The Morgan fingerprint density at radius 2 is 1.97 bits per heavy atom. The minimum absolute atomic E-state index is 0. The van der Waals surface area contributed by atoms with Gasteiger partial charge in [-0.3, -0.25) is 10.1 Å². The van der Waals surface area contributed by atoms with Crippen molar-refractivity contribution in [3.05, 3.63) is 59.2 Å². The fourth-order valence-corrected chi connectivity index (χ4v) is 7.64. The standard InChI is InChI=1S/C27H32N2O5.2ClH/c1-29-13-12-26-22-17-8-9-20(30)23(22)34-24(26)18(10-11-27(26,33-2)21(29)15-17)28-19(25(31)32)14-16-6-4-3-5-7-16;;/h3-9,18-19,21,24,28,30H,10-15H2,1-2H3,(H,31,32);2*1H/t18-,19+,21-,24+,26+,27-;;/m1../s1. The van der Waals surface area contributed by atoms with Crippen molar-refractivity contribution < 1.29 is 24.5 Å². The van der Waals surface area contributed by atoms with Crippen LogP contribution in [0.2, 0.25) is 0 Å². The minimum Gasteiger partial charge on any atom is -0.504 e. The highest BCUT2D eigenvalue weighted by Crippen LogP contribution is 2.66. The largest absolute Gasteiger partial charge is 0.504 e. The molecule has 4 aliphatic rings. The van der Waals surface area contributed by atoms with Crippen molar-refractivity contribution in [3.63, 3.8) is 0 Å². The third-order valence-corrected chi connectivity index (χ3v) is 9.05. The van der Waals surface area contributed by atoms with E-state index in [9.17, 15) is 15.0 Å². The Balaban J connectivity index is 0.00000152. The van der Waals surface area contributed by atoms with Crippen molar-refractivity contribution >= 4 is 30.8 Å². The molecule has 3 N–H and O–H groups in total. The zero-order valence-electron chi connectivity index (χ0n) is 20.5. The van der Waals surface area contributed by atoms with Crippen molar-refractivity contribution in [1.82, 2.24) is 10.2 Å². The summed E-state index contributed by atoms with van der Waals surface area (Å²) >= 11 is 0. The molecule has 2 aromatic rings. The number of hydrogen-bond acceptors (Lipinski definition) is 6. The number of rotatable bonds is 6. The maximum absolute atomic E-state index is 12.3. The molecule has 6 rings (SSSR count). The molecule has 0 amide bonds. The first-order valence-electron chi connectivity index (χ1n) is 12.2. The van der Waals surface area contributed by atoms with E-state index < -0.39 is 23.0 Å². The van der Waals surface area contributed by atoms with Crippen LogP contribution in [0, 0.1) is 0 Å². The van der Waals surface area contributed by atoms with E-state index in [0.29, 0.717) is 12.2 Å². The summed E-state index contributed by atoms with van der Waals surface area (Å²) in [5, 5.41) is 24.3. The van der Waals surface area contributed by atoms with Crippen LogP contribution in [0.5, 0.6) is 11.5 Å². The lowest BCUT2D eigenvalue weighted by Crippen LogP contribution is -2.78. The molecule has 0 radical (unpaired) electrons. The number of aliphatic carboxylic acids is 1. The van der Waals surface area contributed by atoms with Gasteiger partial charge in [-0.2, -0.15) is 0 Å². The first kappa shape index (κ1) is 27.0. The number of aromatic hydroxyl groups is 1. The summed E-state index contributed by atoms with van der Waals surface area (Å²) in [5.41, 5.74) is 2.42. The van der Waals surface area contributed by atoms with Crippen LogP contribution in [0.1, 0.15) is 36.0 Å². The Bertz CT molecular complexity index is 1130. The fraction of sp³-hybridized carbons (Fsp3) is 0.519. The number of likely N-dealkylation sites (N-methyl/N-ethyl adjacent to an activating group) is 1. The predicted molar refractivity (Wildman–Crippen MR) is 141 cm³/mol. The molecule has 7 nitrogen and oxygen atoms in total. The maximum atomic E-state index is 12.3. The first-order chi connectivity index (χ1) is 16.4. The summed E-state index contributed by atoms with van der Waals surface area (Å²) in [6, 6.07) is 12.8. The second-order valence-electron chi connectivity index (χ2n) is 10.4. The van der Waals surface area contributed by atoms with Crippen LogP contribution in [-0.4, -0.2) is 71.6 Å². The van der Waals surface area contributed by atoms with E-state index >= 15 is 0 Å². The Morgan fingerprint density at radius 3 is 2.67 bits per heavy atom. The van der Waals surface area contributed by atoms with Gasteiger partial charge in [0, 0.05) is 24.8 Å². The van der Waals surface area contributed by atoms with E-state index in [2.05, 4.69) is 17.3 Å². The highest BCUT2D eigenvalue weighted by atomic mass is 35.5. The van der Waals surface area contributed by atoms with E-state index in [4.69, 9.17) is 9.47 Å². The Hall–Kier alpha value is -2.03. The molecule has 2 heterocycles. The van der Waals surface area contributed by atoms with Crippen molar-refractivity contribution in [1.29, 1.82) is 0 Å². The number of piperidine rings is 1. The van der Waals surface area contributed by atoms with Gasteiger partial charge in [0.25, 0.3) is 0 Å². The molecular weight excluding hydrogens is 503 g/mol. The summed E-state index contributed by atoms with van der Waals surface area (Å²) in [4.78, 5) is 14.7. The molecule has 0 unspecified atom stereocenters. The van der Waals surface area contributed by atoms with E-state index in [0.717, 1.165) is 43.4 Å². The average Bonchev–Trinajstić information content (AvgIpc) is 3.20. The molecule has 1 saturated carbocycles. The van der Waals surface area contributed by atoms with Gasteiger partial charge in [0.2, 0.25) is 0 Å². The number of carbonyl (C=O) groups is 1. The van der Waals surface area contributed by atoms with Gasteiger partial charge in [-0.25, -0.2) is 0 Å². The molecule has 6 atom stereocenters.